The zero-order valence-electron chi connectivity index (χ0n) is 7.61. The summed E-state index contributed by atoms with van der Waals surface area (Å²) in [5, 5.41) is 17.5. The van der Waals surface area contributed by atoms with Gasteiger partial charge in [-0.05, 0) is 30.2 Å². The van der Waals surface area contributed by atoms with Crippen molar-refractivity contribution in [3.8, 4) is 6.07 Å². The molecular formula is C10H9NO2S. The van der Waals surface area contributed by atoms with E-state index >= 15 is 0 Å². The molecule has 0 unspecified atom stereocenters. The van der Waals surface area contributed by atoms with Gasteiger partial charge in [0.15, 0.2) is 0 Å². The lowest BCUT2D eigenvalue weighted by Crippen LogP contribution is -2.03. The minimum Gasteiger partial charge on any atom is -0.481 e. The Kier molecular flexibility index (Phi) is 3.15. The Morgan fingerprint density at radius 2 is 2.29 bits per heavy atom. The van der Waals surface area contributed by atoms with Crippen LogP contribution in [0.15, 0.2) is 17.0 Å². The van der Waals surface area contributed by atoms with Crippen LogP contribution in [-0.2, 0) is 11.2 Å². The number of rotatable bonds is 2. The molecule has 1 aromatic rings. The Morgan fingerprint density at radius 3 is 2.79 bits per heavy atom. The van der Waals surface area contributed by atoms with Crippen LogP contribution in [0.1, 0.15) is 16.7 Å². The van der Waals surface area contributed by atoms with Crippen molar-refractivity contribution >= 4 is 18.6 Å². The number of benzene rings is 1. The summed E-state index contributed by atoms with van der Waals surface area (Å²) >= 11 is 4.13. The highest BCUT2D eigenvalue weighted by atomic mass is 32.1. The van der Waals surface area contributed by atoms with Crippen molar-refractivity contribution in [1.82, 2.24) is 0 Å². The number of hydrogen-bond acceptors (Lipinski definition) is 3. The van der Waals surface area contributed by atoms with Gasteiger partial charge in [0.1, 0.15) is 0 Å². The van der Waals surface area contributed by atoms with Crippen LogP contribution in [0.2, 0.25) is 0 Å². The molecule has 0 radical (unpaired) electrons. The molecule has 1 rings (SSSR count). The smallest absolute Gasteiger partial charge is 0.307 e. The van der Waals surface area contributed by atoms with Gasteiger partial charge in [0.2, 0.25) is 0 Å². The topological polar surface area (TPSA) is 61.1 Å². The van der Waals surface area contributed by atoms with Crippen LogP contribution in [-0.4, -0.2) is 11.1 Å². The fraction of sp³-hybridized carbons (Fsp3) is 0.200. The number of aliphatic carboxylic acids is 1. The van der Waals surface area contributed by atoms with Crippen molar-refractivity contribution in [2.24, 2.45) is 0 Å². The van der Waals surface area contributed by atoms with E-state index in [2.05, 4.69) is 12.6 Å². The Labute approximate surface area is 87.4 Å². The molecule has 1 N–H and O–H groups in total. The highest BCUT2D eigenvalue weighted by molar-refractivity contribution is 7.80. The Balaban J connectivity index is 3.26. The molecule has 14 heavy (non-hydrogen) atoms. The van der Waals surface area contributed by atoms with Gasteiger partial charge < -0.3 is 5.11 Å². The first-order chi connectivity index (χ1) is 6.54. The number of thiol groups is 1. The summed E-state index contributed by atoms with van der Waals surface area (Å²) in [6.45, 7) is 1.77. The Bertz CT molecular complexity index is 421. The van der Waals surface area contributed by atoms with E-state index in [0.29, 0.717) is 16.0 Å². The summed E-state index contributed by atoms with van der Waals surface area (Å²) < 4.78 is 0. The van der Waals surface area contributed by atoms with Crippen LogP contribution in [0.3, 0.4) is 0 Å². The maximum absolute atomic E-state index is 10.5. The predicted octanol–water partition coefficient (Wildman–Crippen LogP) is 1.78. The molecule has 4 heteroatoms. The Morgan fingerprint density at radius 1 is 1.64 bits per heavy atom. The molecule has 0 aliphatic carbocycles. The van der Waals surface area contributed by atoms with E-state index in [1.165, 1.54) is 0 Å². The van der Waals surface area contributed by atoms with Crippen LogP contribution in [0.25, 0.3) is 0 Å². The summed E-state index contributed by atoms with van der Waals surface area (Å²) in [5.41, 5.74) is 1.71. The molecule has 0 aliphatic heterocycles. The van der Waals surface area contributed by atoms with Gasteiger partial charge in [-0.2, -0.15) is 5.26 Å². The molecule has 0 aliphatic rings. The van der Waals surface area contributed by atoms with Gasteiger partial charge in [0.25, 0.3) is 0 Å². The zero-order valence-corrected chi connectivity index (χ0v) is 8.51. The lowest BCUT2D eigenvalue weighted by molar-refractivity contribution is -0.136. The number of carbonyl (C=O) groups is 1. The molecule has 0 saturated carbocycles. The molecule has 0 atom stereocenters. The molecule has 72 valence electrons. The lowest BCUT2D eigenvalue weighted by atomic mass is 10.0. The maximum atomic E-state index is 10.5. The summed E-state index contributed by atoms with van der Waals surface area (Å²) in [6.07, 6.45) is -0.141. The summed E-state index contributed by atoms with van der Waals surface area (Å²) in [4.78, 5) is 11.2. The van der Waals surface area contributed by atoms with Gasteiger partial charge in [-0.1, -0.05) is 0 Å². The second kappa shape index (κ2) is 4.16. The summed E-state index contributed by atoms with van der Waals surface area (Å²) in [7, 11) is 0. The minimum atomic E-state index is -0.945. The van der Waals surface area contributed by atoms with Gasteiger partial charge >= 0.3 is 5.97 Å². The average Bonchev–Trinajstić information content (AvgIpc) is 2.01. The third-order valence-electron chi connectivity index (χ3n) is 1.86. The molecule has 0 heterocycles. The third-order valence-corrected chi connectivity index (χ3v) is 2.11. The van der Waals surface area contributed by atoms with Gasteiger partial charge in [0.05, 0.1) is 18.1 Å². The minimum absolute atomic E-state index is 0.141. The van der Waals surface area contributed by atoms with Gasteiger partial charge in [-0.15, -0.1) is 12.6 Å². The average molecular weight is 207 g/mol. The van der Waals surface area contributed by atoms with Crippen molar-refractivity contribution in [3.05, 3.63) is 28.8 Å². The van der Waals surface area contributed by atoms with Crippen molar-refractivity contribution in [3.63, 3.8) is 0 Å². The van der Waals surface area contributed by atoms with E-state index in [-0.39, 0.29) is 6.42 Å². The van der Waals surface area contributed by atoms with Crippen molar-refractivity contribution in [1.29, 1.82) is 5.26 Å². The molecule has 0 saturated heterocycles. The maximum Gasteiger partial charge on any atom is 0.307 e. The SMILES string of the molecule is Cc1cc(S)cc(CC(=O)O)c1C#N. The summed E-state index contributed by atoms with van der Waals surface area (Å²) in [5.74, 6) is -0.945. The fourth-order valence-corrected chi connectivity index (χ4v) is 1.65. The molecular weight excluding hydrogens is 198 g/mol. The van der Waals surface area contributed by atoms with Gasteiger partial charge in [-0.25, -0.2) is 0 Å². The van der Waals surface area contributed by atoms with Gasteiger partial charge in [-0.3, -0.25) is 4.79 Å². The second-order valence-corrected chi connectivity index (χ2v) is 3.50. The molecule has 0 bridgehead atoms. The van der Waals surface area contributed by atoms with E-state index < -0.39 is 5.97 Å². The largest absolute Gasteiger partial charge is 0.481 e. The standard InChI is InChI=1S/C10H9NO2S/c1-6-2-8(14)3-7(4-10(12)13)9(6)5-11/h2-3,14H,4H2,1H3,(H,12,13). The van der Waals surface area contributed by atoms with Crippen molar-refractivity contribution in [2.75, 3.05) is 0 Å². The van der Waals surface area contributed by atoms with E-state index in [0.717, 1.165) is 5.56 Å². The van der Waals surface area contributed by atoms with E-state index in [1.54, 1.807) is 19.1 Å². The first-order valence-corrected chi connectivity index (χ1v) is 4.43. The van der Waals surface area contributed by atoms with Gasteiger partial charge in [0, 0.05) is 4.90 Å². The Hall–Kier alpha value is -1.47. The van der Waals surface area contributed by atoms with Crippen LogP contribution in [0.4, 0.5) is 0 Å². The number of carboxylic acid groups (broad SMARTS) is 1. The first kappa shape index (κ1) is 10.6. The van der Waals surface area contributed by atoms with Crippen LogP contribution < -0.4 is 0 Å². The molecule has 0 amide bonds. The number of carboxylic acids is 1. The fourth-order valence-electron chi connectivity index (χ4n) is 1.30. The lowest BCUT2D eigenvalue weighted by Gasteiger charge is -2.05. The number of aryl methyl sites for hydroxylation is 1. The van der Waals surface area contributed by atoms with Crippen LogP contribution >= 0.6 is 12.6 Å². The predicted molar refractivity (Wildman–Crippen MR) is 54.5 cm³/mol. The molecule has 0 fully saturated rings. The highest BCUT2D eigenvalue weighted by Gasteiger charge is 2.09. The number of hydrogen-bond donors (Lipinski definition) is 2. The monoisotopic (exact) mass is 207 g/mol. The van der Waals surface area contributed by atoms with E-state index in [9.17, 15) is 4.79 Å². The molecule has 0 spiro atoms. The van der Waals surface area contributed by atoms with E-state index in [4.69, 9.17) is 10.4 Å². The molecule has 0 aromatic heterocycles. The molecule has 3 nitrogen and oxygen atoms in total. The third kappa shape index (κ3) is 2.27. The summed E-state index contributed by atoms with van der Waals surface area (Å²) in [6, 6.07) is 5.36. The van der Waals surface area contributed by atoms with Crippen LogP contribution in [0, 0.1) is 18.3 Å². The number of nitrogens with zero attached hydrogens (tertiary/aromatic N) is 1. The normalized spacial score (nSPS) is 9.50. The highest BCUT2D eigenvalue weighted by Crippen LogP contribution is 2.19. The van der Waals surface area contributed by atoms with Crippen molar-refractivity contribution < 1.29 is 9.90 Å². The quantitative estimate of drug-likeness (QED) is 0.727. The zero-order chi connectivity index (χ0) is 10.7. The molecule has 1 aromatic carbocycles. The first-order valence-electron chi connectivity index (χ1n) is 3.99. The van der Waals surface area contributed by atoms with Crippen LogP contribution in [0.5, 0.6) is 0 Å². The van der Waals surface area contributed by atoms with E-state index in [1.807, 2.05) is 6.07 Å². The van der Waals surface area contributed by atoms with Crippen molar-refractivity contribution in [2.45, 2.75) is 18.2 Å². The number of nitriles is 1. The second-order valence-electron chi connectivity index (χ2n) is 2.98.